The van der Waals surface area contributed by atoms with Gasteiger partial charge in [0.25, 0.3) is 0 Å². The summed E-state index contributed by atoms with van der Waals surface area (Å²) >= 11 is 11.0. The molecule has 6 heteroatoms. The minimum atomic E-state index is 0.265. The van der Waals surface area contributed by atoms with Crippen LogP contribution in [0, 0.1) is 0 Å². The van der Waals surface area contributed by atoms with Crippen LogP contribution in [0.2, 0.25) is 0 Å². The van der Waals surface area contributed by atoms with Crippen LogP contribution in [-0.4, -0.2) is 29.4 Å². The van der Waals surface area contributed by atoms with Crippen molar-refractivity contribution in [2.75, 3.05) is 24.7 Å². The molecule has 0 amide bonds. The van der Waals surface area contributed by atoms with E-state index < -0.39 is 0 Å². The highest BCUT2D eigenvalue weighted by Gasteiger charge is 2.28. The van der Waals surface area contributed by atoms with E-state index in [0.29, 0.717) is 0 Å². The van der Waals surface area contributed by atoms with E-state index in [2.05, 4.69) is 50.4 Å². The van der Waals surface area contributed by atoms with Gasteiger partial charge >= 0.3 is 0 Å². The summed E-state index contributed by atoms with van der Waals surface area (Å²) in [6.45, 7) is 0.952. The molecule has 1 fully saturated rings. The lowest BCUT2D eigenvalue weighted by atomic mass is 10.2. The molecule has 0 radical (unpaired) electrons. The first-order chi connectivity index (χ1) is 11.2. The van der Waals surface area contributed by atoms with Crippen molar-refractivity contribution >= 4 is 50.7 Å². The molecule has 2 aromatic rings. The van der Waals surface area contributed by atoms with Crippen molar-refractivity contribution in [3.05, 3.63) is 58.6 Å². The molecule has 120 valence electrons. The van der Waals surface area contributed by atoms with Gasteiger partial charge in [0.2, 0.25) is 0 Å². The molecule has 1 N–H and O–H groups in total. The molecule has 2 aromatic carbocycles. The molecular weight excluding hydrogens is 392 g/mol. The van der Waals surface area contributed by atoms with E-state index in [9.17, 15) is 0 Å². The van der Waals surface area contributed by atoms with Crippen LogP contribution in [0.1, 0.15) is 10.9 Å². The van der Waals surface area contributed by atoms with Gasteiger partial charge in [-0.1, -0.05) is 28.1 Å². The fourth-order valence-electron chi connectivity index (χ4n) is 2.45. The largest absolute Gasteiger partial charge is 0.497 e. The average Bonchev–Trinajstić information content (AvgIpc) is 3.06. The Kier molecular flexibility index (Phi) is 5.46. The van der Waals surface area contributed by atoms with Gasteiger partial charge in [0.15, 0.2) is 5.11 Å². The van der Waals surface area contributed by atoms with Crippen LogP contribution >= 0.6 is 39.9 Å². The topological polar surface area (TPSA) is 24.5 Å². The van der Waals surface area contributed by atoms with Crippen molar-refractivity contribution in [1.29, 1.82) is 0 Å². The maximum Gasteiger partial charge on any atom is 0.174 e. The van der Waals surface area contributed by atoms with E-state index in [1.807, 2.05) is 36.0 Å². The Hall–Kier alpha value is -1.24. The molecule has 0 spiro atoms. The number of ether oxygens (including phenoxy) is 1. The maximum atomic E-state index is 5.62. The highest BCUT2D eigenvalue weighted by Crippen LogP contribution is 2.38. The van der Waals surface area contributed by atoms with Gasteiger partial charge in [0.05, 0.1) is 7.11 Å². The third kappa shape index (κ3) is 4.00. The monoisotopic (exact) mass is 408 g/mol. The second kappa shape index (κ2) is 7.55. The molecular formula is C17H17BrN2OS2. The van der Waals surface area contributed by atoms with Crippen molar-refractivity contribution < 1.29 is 4.74 Å². The Balaban J connectivity index is 1.71. The van der Waals surface area contributed by atoms with Crippen LogP contribution in [0.4, 0.5) is 5.69 Å². The number of nitrogens with one attached hydrogen (secondary N) is 1. The minimum absolute atomic E-state index is 0.265. The zero-order valence-electron chi connectivity index (χ0n) is 12.7. The summed E-state index contributed by atoms with van der Waals surface area (Å²) in [5, 5.41) is 4.35. The van der Waals surface area contributed by atoms with Crippen molar-refractivity contribution in [1.82, 2.24) is 4.90 Å². The van der Waals surface area contributed by atoms with E-state index in [-0.39, 0.29) is 5.37 Å². The highest BCUT2D eigenvalue weighted by atomic mass is 79.9. The molecule has 1 saturated heterocycles. The number of rotatable bonds is 3. The summed E-state index contributed by atoms with van der Waals surface area (Å²) in [6, 6.07) is 16.3. The molecule has 1 heterocycles. The molecule has 1 aliphatic rings. The second-order valence-electron chi connectivity index (χ2n) is 5.13. The van der Waals surface area contributed by atoms with Gasteiger partial charge in [0, 0.05) is 22.5 Å². The second-order valence-corrected chi connectivity index (χ2v) is 7.62. The van der Waals surface area contributed by atoms with Crippen molar-refractivity contribution in [3.63, 3.8) is 0 Å². The summed E-state index contributed by atoms with van der Waals surface area (Å²) < 4.78 is 6.27. The van der Waals surface area contributed by atoms with Crippen molar-refractivity contribution in [3.8, 4) is 5.75 Å². The van der Waals surface area contributed by atoms with Gasteiger partial charge in [-0.15, -0.1) is 11.8 Å². The Bertz CT molecular complexity index is 676. The van der Waals surface area contributed by atoms with Crippen LogP contribution in [0.15, 0.2) is 53.0 Å². The van der Waals surface area contributed by atoms with Crippen LogP contribution in [-0.2, 0) is 0 Å². The van der Waals surface area contributed by atoms with E-state index in [1.165, 1.54) is 5.56 Å². The maximum absolute atomic E-state index is 5.62. The molecule has 3 rings (SSSR count). The first kappa shape index (κ1) is 16.6. The molecule has 1 atom stereocenters. The molecule has 0 bridgehead atoms. The molecule has 0 aromatic heterocycles. The Morgan fingerprint density at radius 1 is 1.22 bits per heavy atom. The summed E-state index contributed by atoms with van der Waals surface area (Å²) in [5.41, 5.74) is 2.25. The number of anilines is 1. The highest BCUT2D eigenvalue weighted by molar-refractivity contribution is 9.10. The standard InChI is InChI=1S/C17H17BrN2OS2/c1-21-15-8-6-14(7-9-15)19-17(22)20-10-11-23-16(20)12-2-4-13(18)5-3-12/h2-9,16H,10-11H2,1H3,(H,19,22)/t16-/m1/s1. The van der Waals surface area contributed by atoms with E-state index >= 15 is 0 Å². The predicted octanol–water partition coefficient (Wildman–Crippen LogP) is 4.90. The minimum Gasteiger partial charge on any atom is -0.497 e. The first-order valence-electron chi connectivity index (χ1n) is 7.26. The Morgan fingerprint density at radius 3 is 2.57 bits per heavy atom. The number of nitrogens with zero attached hydrogens (tertiary/aromatic N) is 1. The zero-order chi connectivity index (χ0) is 16.2. The fourth-order valence-corrected chi connectivity index (χ4v) is 4.36. The Morgan fingerprint density at radius 2 is 1.91 bits per heavy atom. The number of hydrogen-bond acceptors (Lipinski definition) is 3. The van der Waals surface area contributed by atoms with Crippen LogP contribution in [0.3, 0.4) is 0 Å². The number of halogens is 1. The molecule has 0 unspecified atom stereocenters. The fraction of sp³-hybridized carbons (Fsp3) is 0.235. The summed E-state index contributed by atoms with van der Waals surface area (Å²) in [6.07, 6.45) is 0. The third-order valence-corrected chi connectivity index (χ3v) is 5.77. The van der Waals surface area contributed by atoms with Crippen molar-refractivity contribution in [2.24, 2.45) is 0 Å². The van der Waals surface area contributed by atoms with E-state index in [4.69, 9.17) is 17.0 Å². The number of benzene rings is 2. The number of hydrogen-bond donors (Lipinski definition) is 1. The van der Waals surface area contributed by atoms with Gasteiger partial charge in [0.1, 0.15) is 11.1 Å². The van der Waals surface area contributed by atoms with Gasteiger partial charge in [-0.3, -0.25) is 0 Å². The lowest BCUT2D eigenvalue weighted by molar-refractivity contribution is 0.415. The number of methoxy groups -OCH3 is 1. The lowest BCUT2D eigenvalue weighted by Crippen LogP contribution is -2.34. The number of thioether (sulfide) groups is 1. The van der Waals surface area contributed by atoms with Crippen LogP contribution in [0.25, 0.3) is 0 Å². The van der Waals surface area contributed by atoms with Gasteiger partial charge in [-0.2, -0.15) is 0 Å². The van der Waals surface area contributed by atoms with Gasteiger partial charge in [-0.05, 0) is 54.2 Å². The zero-order valence-corrected chi connectivity index (χ0v) is 15.9. The summed E-state index contributed by atoms with van der Waals surface area (Å²) in [7, 11) is 1.66. The smallest absolute Gasteiger partial charge is 0.174 e. The lowest BCUT2D eigenvalue weighted by Gasteiger charge is -2.27. The predicted molar refractivity (Wildman–Crippen MR) is 105 cm³/mol. The average molecular weight is 409 g/mol. The Labute approximate surface area is 154 Å². The van der Waals surface area contributed by atoms with Crippen LogP contribution < -0.4 is 10.1 Å². The van der Waals surface area contributed by atoms with E-state index in [0.717, 1.165) is 33.3 Å². The summed E-state index contributed by atoms with van der Waals surface area (Å²) in [5.74, 6) is 1.91. The first-order valence-corrected chi connectivity index (χ1v) is 9.51. The van der Waals surface area contributed by atoms with Gasteiger partial charge in [-0.25, -0.2) is 0 Å². The third-order valence-electron chi connectivity index (χ3n) is 3.65. The van der Waals surface area contributed by atoms with Crippen molar-refractivity contribution in [2.45, 2.75) is 5.37 Å². The molecule has 3 nitrogen and oxygen atoms in total. The normalized spacial score (nSPS) is 17.1. The van der Waals surface area contributed by atoms with E-state index in [1.54, 1.807) is 7.11 Å². The quantitative estimate of drug-likeness (QED) is 0.727. The molecule has 23 heavy (non-hydrogen) atoms. The molecule has 1 aliphatic heterocycles. The SMILES string of the molecule is COc1ccc(NC(=S)N2CCS[C@@H]2c2ccc(Br)cc2)cc1. The van der Waals surface area contributed by atoms with Crippen LogP contribution in [0.5, 0.6) is 5.75 Å². The number of thiocarbonyl (C=S) groups is 1. The van der Waals surface area contributed by atoms with Gasteiger partial charge < -0.3 is 15.0 Å². The summed E-state index contributed by atoms with van der Waals surface area (Å²) in [4.78, 5) is 2.24. The molecule has 0 saturated carbocycles. The molecule has 0 aliphatic carbocycles.